The van der Waals surface area contributed by atoms with E-state index in [0.717, 1.165) is 38.2 Å². The number of aromatic nitrogens is 1. The van der Waals surface area contributed by atoms with Gasteiger partial charge in [0.25, 0.3) is 0 Å². The van der Waals surface area contributed by atoms with E-state index in [4.69, 9.17) is 9.72 Å². The number of nitrogens with zero attached hydrogens (tertiary/aromatic N) is 1. The van der Waals surface area contributed by atoms with Gasteiger partial charge in [-0.3, -0.25) is 0 Å². The normalized spacial score (nSPS) is 11.0. The van der Waals surface area contributed by atoms with Crippen molar-refractivity contribution in [1.29, 1.82) is 0 Å². The minimum absolute atomic E-state index is 0.821. The summed E-state index contributed by atoms with van der Waals surface area (Å²) >= 11 is 1.75. The number of rotatable bonds is 8. The standard InChI is InChI=1S/C17H24N2OS/c1-13-5-6-15(14(2)11-13)16-12-21-17(19-16)7-9-18-8-4-10-20-3/h5-6,11-12,18H,4,7-10H2,1-3H3. The lowest BCUT2D eigenvalue weighted by atomic mass is 10.0. The van der Waals surface area contributed by atoms with Gasteiger partial charge in [-0.05, 0) is 32.4 Å². The quantitative estimate of drug-likeness (QED) is 0.757. The summed E-state index contributed by atoms with van der Waals surface area (Å²) in [4.78, 5) is 4.76. The van der Waals surface area contributed by atoms with Crippen LogP contribution >= 0.6 is 11.3 Å². The van der Waals surface area contributed by atoms with Crippen molar-refractivity contribution in [1.82, 2.24) is 10.3 Å². The first-order valence-corrected chi connectivity index (χ1v) is 8.30. The van der Waals surface area contributed by atoms with Crippen LogP contribution in [0.1, 0.15) is 22.6 Å². The Hall–Kier alpha value is -1.23. The average Bonchev–Trinajstić information content (AvgIpc) is 2.91. The van der Waals surface area contributed by atoms with Gasteiger partial charge >= 0.3 is 0 Å². The number of benzene rings is 1. The molecule has 0 aliphatic rings. The highest BCUT2D eigenvalue weighted by Gasteiger charge is 2.07. The second-order valence-corrected chi connectivity index (χ2v) is 6.23. The maximum atomic E-state index is 5.03. The lowest BCUT2D eigenvalue weighted by Gasteiger charge is -2.04. The van der Waals surface area contributed by atoms with Crippen LogP contribution in [-0.4, -0.2) is 31.8 Å². The van der Waals surface area contributed by atoms with Crippen LogP contribution in [0.3, 0.4) is 0 Å². The zero-order valence-electron chi connectivity index (χ0n) is 13.1. The molecule has 0 amide bonds. The molecular weight excluding hydrogens is 280 g/mol. The van der Waals surface area contributed by atoms with Gasteiger partial charge in [0, 0.05) is 37.6 Å². The largest absolute Gasteiger partial charge is 0.385 e. The minimum atomic E-state index is 0.821. The van der Waals surface area contributed by atoms with Gasteiger partial charge in [-0.2, -0.15) is 0 Å². The Balaban J connectivity index is 1.86. The highest BCUT2D eigenvalue weighted by molar-refractivity contribution is 7.09. The fourth-order valence-corrected chi connectivity index (χ4v) is 3.11. The SMILES string of the molecule is COCCCNCCc1nc(-c2ccc(C)cc2C)cs1. The molecule has 1 aromatic heterocycles. The van der Waals surface area contributed by atoms with Crippen LogP contribution in [0, 0.1) is 13.8 Å². The van der Waals surface area contributed by atoms with E-state index in [1.807, 2.05) is 0 Å². The highest BCUT2D eigenvalue weighted by atomic mass is 32.1. The first-order valence-electron chi connectivity index (χ1n) is 7.42. The fraction of sp³-hybridized carbons (Fsp3) is 0.471. The number of ether oxygens (including phenoxy) is 1. The molecule has 21 heavy (non-hydrogen) atoms. The van der Waals surface area contributed by atoms with Crippen LogP contribution < -0.4 is 5.32 Å². The van der Waals surface area contributed by atoms with Crippen molar-refractivity contribution in [2.45, 2.75) is 26.7 Å². The number of hydrogen-bond donors (Lipinski definition) is 1. The summed E-state index contributed by atoms with van der Waals surface area (Å²) in [5.74, 6) is 0. The molecule has 0 radical (unpaired) electrons. The molecule has 0 unspecified atom stereocenters. The summed E-state index contributed by atoms with van der Waals surface area (Å²) in [7, 11) is 1.74. The van der Waals surface area contributed by atoms with Crippen LogP contribution in [0.15, 0.2) is 23.6 Å². The van der Waals surface area contributed by atoms with Crippen LogP contribution in [0.4, 0.5) is 0 Å². The third-order valence-electron chi connectivity index (χ3n) is 3.43. The molecule has 3 nitrogen and oxygen atoms in total. The Morgan fingerprint density at radius 2 is 2.10 bits per heavy atom. The van der Waals surface area contributed by atoms with Crippen molar-refractivity contribution in [2.24, 2.45) is 0 Å². The first kappa shape index (κ1) is 16.1. The number of nitrogens with one attached hydrogen (secondary N) is 1. The minimum Gasteiger partial charge on any atom is -0.385 e. The van der Waals surface area contributed by atoms with Gasteiger partial charge in [-0.25, -0.2) is 4.98 Å². The van der Waals surface area contributed by atoms with Crippen molar-refractivity contribution in [3.63, 3.8) is 0 Å². The molecule has 0 saturated heterocycles. The summed E-state index contributed by atoms with van der Waals surface area (Å²) in [5.41, 5.74) is 4.94. The van der Waals surface area contributed by atoms with Crippen molar-refractivity contribution in [2.75, 3.05) is 26.8 Å². The smallest absolute Gasteiger partial charge is 0.0945 e. The maximum Gasteiger partial charge on any atom is 0.0945 e. The molecular formula is C17H24N2OS. The summed E-state index contributed by atoms with van der Waals surface area (Å²) in [6.07, 6.45) is 2.05. The Kier molecular flexibility index (Phi) is 6.36. The van der Waals surface area contributed by atoms with Crippen LogP contribution in [0.5, 0.6) is 0 Å². The Morgan fingerprint density at radius 3 is 2.86 bits per heavy atom. The molecule has 1 N–H and O–H groups in total. The van der Waals surface area contributed by atoms with E-state index in [2.05, 4.69) is 42.7 Å². The molecule has 2 aromatic rings. The fourth-order valence-electron chi connectivity index (χ4n) is 2.31. The lowest BCUT2D eigenvalue weighted by Crippen LogP contribution is -2.19. The summed E-state index contributed by atoms with van der Waals surface area (Å²) in [6, 6.07) is 6.54. The predicted molar refractivity (Wildman–Crippen MR) is 90.1 cm³/mol. The number of hydrogen-bond acceptors (Lipinski definition) is 4. The van der Waals surface area contributed by atoms with E-state index in [0.29, 0.717) is 0 Å². The van der Waals surface area contributed by atoms with Crippen LogP contribution in [0.25, 0.3) is 11.3 Å². The van der Waals surface area contributed by atoms with Gasteiger partial charge in [0.2, 0.25) is 0 Å². The first-order chi connectivity index (χ1) is 10.2. The van der Waals surface area contributed by atoms with E-state index in [1.165, 1.54) is 21.7 Å². The van der Waals surface area contributed by atoms with Gasteiger partial charge in [0.05, 0.1) is 10.7 Å². The Morgan fingerprint density at radius 1 is 1.24 bits per heavy atom. The van der Waals surface area contributed by atoms with Gasteiger partial charge in [-0.15, -0.1) is 11.3 Å². The summed E-state index contributed by atoms with van der Waals surface area (Å²) < 4.78 is 5.03. The van der Waals surface area contributed by atoms with Crippen LogP contribution in [-0.2, 0) is 11.2 Å². The van der Waals surface area contributed by atoms with E-state index < -0.39 is 0 Å². The molecule has 0 saturated carbocycles. The third kappa shape index (κ3) is 4.92. The number of thiazole rings is 1. The third-order valence-corrected chi connectivity index (χ3v) is 4.34. The van der Waals surface area contributed by atoms with Crippen molar-refractivity contribution >= 4 is 11.3 Å². The molecule has 2 rings (SSSR count). The Bertz CT molecular complexity index is 566. The van der Waals surface area contributed by atoms with Crippen molar-refractivity contribution in [3.05, 3.63) is 39.7 Å². The molecule has 1 aromatic carbocycles. The average molecular weight is 304 g/mol. The zero-order valence-corrected chi connectivity index (χ0v) is 13.9. The monoisotopic (exact) mass is 304 g/mol. The second-order valence-electron chi connectivity index (χ2n) is 5.29. The topological polar surface area (TPSA) is 34.1 Å². The zero-order chi connectivity index (χ0) is 15.1. The van der Waals surface area contributed by atoms with Crippen LogP contribution in [0.2, 0.25) is 0 Å². The molecule has 0 spiro atoms. The van der Waals surface area contributed by atoms with Crippen molar-refractivity contribution < 1.29 is 4.74 Å². The van der Waals surface area contributed by atoms with Gasteiger partial charge in [0.15, 0.2) is 0 Å². The molecule has 1 heterocycles. The second kappa shape index (κ2) is 8.27. The Labute approximate surface area is 131 Å². The van der Waals surface area contributed by atoms with Gasteiger partial charge < -0.3 is 10.1 Å². The molecule has 0 bridgehead atoms. The maximum absolute atomic E-state index is 5.03. The predicted octanol–water partition coefficient (Wildman–Crippen LogP) is 3.60. The number of methoxy groups -OCH3 is 1. The van der Waals surface area contributed by atoms with Crippen molar-refractivity contribution in [3.8, 4) is 11.3 Å². The molecule has 4 heteroatoms. The molecule has 0 aliphatic heterocycles. The summed E-state index contributed by atoms with van der Waals surface area (Å²) in [5, 5.41) is 6.79. The molecule has 0 atom stereocenters. The van der Waals surface area contributed by atoms with Gasteiger partial charge in [-0.1, -0.05) is 23.8 Å². The van der Waals surface area contributed by atoms with E-state index in [9.17, 15) is 0 Å². The highest BCUT2D eigenvalue weighted by Crippen LogP contribution is 2.25. The van der Waals surface area contributed by atoms with Gasteiger partial charge in [0.1, 0.15) is 0 Å². The molecule has 0 fully saturated rings. The van der Waals surface area contributed by atoms with E-state index in [-0.39, 0.29) is 0 Å². The summed E-state index contributed by atoms with van der Waals surface area (Å²) in [6.45, 7) is 7.07. The molecule has 0 aliphatic carbocycles. The van der Waals surface area contributed by atoms with E-state index >= 15 is 0 Å². The number of aryl methyl sites for hydroxylation is 2. The van der Waals surface area contributed by atoms with E-state index in [1.54, 1.807) is 18.4 Å². The molecule has 114 valence electrons. The lowest BCUT2D eigenvalue weighted by molar-refractivity contribution is 0.194.